The molecule has 2 aliphatic rings. The van der Waals surface area contributed by atoms with Gasteiger partial charge in [0.2, 0.25) is 0 Å². The molecule has 0 saturated heterocycles. The summed E-state index contributed by atoms with van der Waals surface area (Å²) in [6.45, 7) is 1.84. The van der Waals surface area contributed by atoms with Crippen LogP contribution in [0.25, 0.3) is 0 Å². The van der Waals surface area contributed by atoms with Crippen LogP contribution in [0.3, 0.4) is 0 Å². The Labute approximate surface area is 170 Å². The van der Waals surface area contributed by atoms with E-state index in [1.165, 1.54) is 17.1 Å². The number of urea groups is 1. The number of hydrogen-bond acceptors (Lipinski definition) is 4. The number of rotatable bonds is 5. The highest BCUT2D eigenvalue weighted by Gasteiger charge is 2.45. The van der Waals surface area contributed by atoms with Crippen LogP contribution < -0.4 is 10.1 Å². The molecule has 0 aliphatic carbocycles. The van der Waals surface area contributed by atoms with E-state index in [-0.39, 0.29) is 23.8 Å². The Kier molecular flexibility index (Phi) is 5.49. The van der Waals surface area contributed by atoms with E-state index in [4.69, 9.17) is 9.84 Å². The molecule has 152 valence electrons. The van der Waals surface area contributed by atoms with Crippen molar-refractivity contribution >= 4 is 11.7 Å². The summed E-state index contributed by atoms with van der Waals surface area (Å²) in [5, 5.41) is 9.33. The van der Waals surface area contributed by atoms with Gasteiger partial charge in [0.1, 0.15) is 11.6 Å². The van der Waals surface area contributed by atoms with Crippen LogP contribution in [-0.2, 0) is 0 Å². The maximum atomic E-state index is 13.9. The van der Waals surface area contributed by atoms with E-state index >= 15 is 0 Å². The van der Waals surface area contributed by atoms with Crippen molar-refractivity contribution in [3.8, 4) is 5.75 Å². The zero-order valence-electron chi connectivity index (χ0n) is 16.6. The van der Waals surface area contributed by atoms with Gasteiger partial charge in [0.25, 0.3) is 0 Å². The van der Waals surface area contributed by atoms with Gasteiger partial charge in [0.15, 0.2) is 0 Å². The number of carbonyl (C=O) groups excluding carboxylic acids is 1. The van der Waals surface area contributed by atoms with Crippen LogP contribution in [-0.4, -0.2) is 55.4 Å². The minimum atomic E-state index is -0.346. The number of fused-ring (bicyclic) bond motifs is 3. The number of ether oxygens (including phenoxy) is 1. The van der Waals surface area contributed by atoms with Gasteiger partial charge in [-0.15, -0.1) is 0 Å². The van der Waals surface area contributed by atoms with E-state index in [0.29, 0.717) is 30.2 Å². The van der Waals surface area contributed by atoms with E-state index < -0.39 is 0 Å². The first-order chi connectivity index (χ1) is 14.1. The van der Waals surface area contributed by atoms with E-state index in [1.54, 1.807) is 18.0 Å². The fourth-order valence-electron chi connectivity index (χ4n) is 3.95. The lowest BCUT2D eigenvalue weighted by molar-refractivity contribution is 0.133. The Balaban J connectivity index is 1.70. The molecule has 2 aliphatic heterocycles. The third-order valence-electron chi connectivity index (χ3n) is 5.43. The van der Waals surface area contributed by atoms with Gasteiger partial charge in [-0.3, -0.25) is 0 Å². The largest absolute Gasteiger partial charge is 0.492 e. The van der Waals surface area contributed by atoms with Gasteiger partial charge in [0.05, 0.1) is 24.3 Å². The molecule has 4 rings (SSSR count). The third-order valence-corrected chi connectivity index (χ3v) is 5.43. The van der Waals surface area contributed by atoms with Crippen molar-refractivity contribution in [2.45, 2.75) is 12.5 Å². The SMILES string of the molecule is CNCCCN(C)C(=O)N1N=C2c3cc(F)ccc3OC[C@H]2[C@H]1c1ccccc1. The Morgan fingerprint density at radius 1 is 1.31 bits per heavy atom. The van der Waals surface area contributed by atoms with Crippen LogP contribution in [0.4, 0.5) is 9.18 Å². The summed E-state index contributed by atoms with van der Waals surface area (Å²) in [6.07, 6.45) is 0.847. The minimum Gasteiger partial charge on any atom is -0.492 e. The summed E-state index contributed by atoms with van der Waals surface area (Å²) >= 11 is 0. The lowest BCUT2D eigenvalue weighted by Gasteiger charge is -2.31. The topological polar surface area (TPSA) is 57.2 Å². The average molecular weight is 396 g/mol. The fraction of sp³-hybridized carbons (Fsp3) is 0.364. The molecule has 0 radical (unpaired) electrons. The van der Waals surface area contributed by atoms with Crippen molar-refractivity contribution in [2.24, 2.45) is 11.0 Å². The molecule has 2 aromatic rings. The maximum Gasteiger partial charge on any atom is 0.340 e. The third kappa shape index (κ3) is 3.70. The summed E-state index contributed by atoms with van der Waals surface area (Å²) in [5.74, 6) is 0.104. The number of hydrogen-bond donors (Lipinski definition) is 1. The van der Waals surface area contributed by atoms with Crippen LogP contribution >= 0.6 is 0 Å². The number of halogens is 1. The quantitative estimate of drug-likeness (QED) is 0.790. The number of nitrogens with one attached hydrogen (secondary N) is 1. The van der Waals surface area contributed by atoms with E-state index in [2.05, 4.69) is 5.32 Å². The molecule has 0 fully saturated rings. The highest BCUT2D eigenvalue weighted by molar-refractivity contribution is 6.07. The molecule has 0 spiro atoms. The van der Waals surface area contributed by atoms with Crippen LogP contribution in [0.15, 0.2) is 53.6 Å². The molecule has 7 heteroatoms. The number of nitrogens with zero attached hydrogens (tertiary/aromatic N) is 3. The van der Waals surface area contributed by atoms with Gasteiger partial charge < -0.3 is 15.0 Å². The van der Waals surface area contributed by atoms with Crippen molar-refractivity contribution in [1.29, 1.82) is 0 Å². The summed E-state index contributed by atoms with van der Waals surface area (Å²) in [4.78, 5) is 14.9. The number of amides is 2. The first kappa shape index (κ1) is 19.4. The first-order valence-electron chi connectivity index (χ1n) is 9.85. The number of hydrazone groups is 1. The molecule has 1 N–H and O–H groups in total. The Bertz CT molecular complexity index is 918. The Morgan fingerprint density at radius 3 is 2.86 bits per heavy atom. The highest BCUT2D eigenvalue weighted by Crippen LogP contribution is 2.42. The molecule has 0 unspecified atom stereocenters. The average Bonchev–Trinajstić information content (AvgIpc) is 3.14. The first-order valence-corrected chi connectivity index (χ1v) is 9.85. The van der Waals surface area contributed by atoms with Gasteiger partial charge in [-0.2, -0.15) is 5.10 Å². The van der Waals surface area contributed by atoms with Crippen molar-refractivity contribution in [3.63, 3.8) is 0 Å². The molecule has 29 heavy (non-hydrogen) atoms. The van der Waals surface area contributed by atoms with Gasteiger partial charge in [-0.05, 0) is 43.8 Å². The Morgan fingerprint density at radius 2 is 2.10 bits per heavy atom. The predicted octanol–water partition coefficient (Wildman–Crippen LogP) is 3.26. The summed E-state index contributed by atoms with van der Waals surface area (Å²) in [5.41, 5.74) is 2.31. The maximum absolute atomic E-state index is 13.9. The van der Waals surface area contributed by atoms with Crippen LogP contribution in [0.5, 0.6) is 5.75 Å². The fourth-order valence-corrected chi connectivity index (χ4v) is 3.95. The zero-order valence-corrected chi connectivity index (χ0v) is 16.6. The number of carbonyl (C=O) groups is 1. The second-order valence-corrected chi connectivity index (χ2v) is 7.40. The van der Waals surface area contributed by atoms with Crippen LogP contribution in [0.2, 0.25) is 0 Å². The summed E-state index contributed by atoms with van der Waals surface area (Å²) in [6, 6.07) is 13.8. The second kappa shape index (κ2) is 8.21. The van der Waals surface area contributed by atoms with E-state index in [0.717, 1.165) is 18.5 Å². The second-order valence-electron chi connectivity index (χ2n) is 7.40. The molecule has 2 heterocycles. The monoisotopic (exact) mass is 396 g/mol. The van der Waals surface area contributed by atoms with Crippen molar-refractivity contribution < 1.29 is 13.9 Å². The normalized spacial score (nSPS) is 19.8. The van der Waals surface area contributed by atoms with Crippen molar-refractivity contribution in [2.75, 3.05) is 33.8 Å². The Hall–Kier alpha value is -2.93. The molecule has 2 aromatic carbocycles. The van der Waals surface area contributed by atoms with Crippen LogP contribution in [0.1, 0.15) is 23.6 Å². The predicted molar refractivity (Wildman–Crippen MR) is 110 cm³/mol. The van der Waals surface area contributed by atoms with Crippen molar-refractivity contribution in [1.82, 2.24) is 15.2 Å². The molecular formula is C22H25FN4O2. The lowest BCUT2D eigenvalue weighted by atomic mass is 9.86. The lowest BCUT2D eigenvalue weighted by Crippen LogP contribution is -2.41. The van der Waals surface area contributed by atoms with Gasteiger partial charge in [-0.1, -0.05) is 30.3 Å². The molecular weight excluding hydrogens is 371 g/mol. The smallest absolute Gasteiger partial charge is 0.340 e. The molecule has 0 saturated carbocycles. The van der Waals surface area contributed by atoms with Gasteiger partial charge in [-0.25, -0.2) is 14.2 Å². The van der Waals surface area contributed by atoms with E-state index in [1.807, 2.05) is 37.4 Å². The van der Waals surface area contributed by atoms with Crippen molar-refractivity contribution in [3.05, 3.63) is 65.5 Å². The zero-order chi connectivity index (χ0) is 20.4. The molecule has 0 aromatic heterocycles. The van der Waals surface area contributed by atoms with Crippen LogP contribution in [0, 0.1) is 11.7 Å². The number of benzene rings is 2. The summed E-state index contributed by atoms with van der Waals surface area (Å²) in [7, 11) is 3.67. The van der Waals surface area contributed by atoms with Gasteiger partial charge >= 0.3 is 6.03 Å². The molecule has 6 nitrogen and oxygen atoms in total. The van der Waals surface area contributed by atoms with E-state index in [9.17, 15) is 9.18 Å². The summed E-state index contributed by atoms with van der Waals surface area (Å²) < 4.78 is 19.8. The molecule has 2 amide bonds. The molecule has 0 bridgehead atoms. The molecule has 2 atom stereocenters. The van der Waals surface area contributed by atoms with Gasteiger partial charge in [0, 0.05) is 19.2 Å². The highest BCUT2D eigenvalue weighted by atomic mass is 19.1. The minimum absolute atomic E-state index is 0.152. The standard InChI is InChI=1S/C22H25FN4O2/c1-24-11-6-12-26(2)22(28)27-21(15-7-4-3-5-8-15)18-14-29-19-10-9-16(23)13-17(19)20(18)25-27/h3-5,7-10,13,18,21,24H,6,11-12,14H2,1-2H3/t18-,21-/m1/s1.